The van der Waals surface area contributed by atoms with Crippen LogP contribution in [0.1, 0.15) is 6.42 Å². The predicted octanol–water partition coefficient (Wildman–Crippen LogP) is 1.79. The van der Waals surface area contributed by atoms with Crippen LogP contribution in [0.15, 0.2) is 24.3 Å². The average Bonchev–Trinajstić information content (AvgIpc) is 2.78. The van der Waals surface area contributed by atoms with Crippen LogP contribution in [0.2, 0.25) is 0 Å². The number of nitrogens with zero attached hydrogens (tertiary/aromatic N) is 1. The lowest BCUT2D eigenvalue weighted by Gasteiger charge is -2.18. The first kappa shape index (κ1) is 16.1. The summed E-state index contributed by atoms with van der Waals surface area (Å²) in [6, 6.07) is 3.57. The number of carbonyl (C=O) groups is 2. The van der Waals surface area contributed by atoms with Crippen LogP contribution >= 0.6 is 0 Å². The third kappa shape index (κ3) is 3.86. The largest absolute Gasteiger partial charge is 0.405 e. The monoisotopic (exact) mass is 319 g/mol. The molecule has 2 rings (SSSR count). The van der Waals surface area contributed by atoms with Crippen molar-refractivity contribution in [1.82, 2.24) is 10.6 Å². The molecule has 22 heavy (non-hydrogen) atoms. The summed E-state index contributed by atoms with van der Waals surface area (Å²) in [7, 11) is 0. The fraction of sp³-hybridized carbons (Fsp3) is 0.385. The van der Waals surface area contributed by atoms with Gasteiger partial charge in [-0.3, -0.25) is 4.79 Å². The van der Waals surface area contributed by atoms with E-state index in [1.54, 1.807) is 11.4 Å². The number of alkyl halides is 3. The average molecular weight is 319 g/mol. The number of carbonyl (C=O) groups excluding carboxylic acids is 2. The summed E-state index contributed by atoms with van der Waals surface area (Å²) in [5, 5.41) is 3.77. The lowest BCUT2D eigenvalue weighted by molar-refractivity contribution is -0.122. The Morgan fingerprint density at radius 1 is 1.32 bits per heavy atom. The number of hydrogen-bond acceptors (Lipinski definition) is 2. The molecule has 1 aliphatic rings. The van der Waals surface area contributed by atoms with Crippen LogP contribution in [0.25, 0.3) is 0 Å². The van der Waals surface area contributed by atoms with Crippen LogP contribution in [0.4, 0.5) is 28.0 Å². The number of para-hydroxylation sites is 1. The molecule has 1 aromatic rings. The van der Waals surface area contributed by atoms with Gasteiger partial charge in [-0.2, -0.15) is 13.2 Å². The van der Waals surface area contributed by atoms with Crippen molar-refractivity contribution in [3.05, 3.63) is 30.1 Å². The first-order valence-electron chi connectivity index (χ1n) is 6.45. The quantitative estimate of drug-likeness (QED) is 0.835. The highest BCUT2D eigenvalue weighted by molar-refractivity contribution is 6.01. The second-order valence-corrected chi connectivity index (χ2v) is 4.72. The Morgan fingerprint density at radius 2 is 2.00 bits per heavy atom. The van der Waals surface area contributed by atoms with Gasteiger partial charge in [0.25, 0.3) is 0 Å². The third-order valence-corrected chi connectivity index (χ3v) is 3.10. The van der Waals surface area contributed by atoms with E-state index in [1.165, 1.54) is 18.2 Å². The summed E-state index contributed by atoms with van der Waals surface area (Å²) in [6.07, 6.45) is -4.34. The predicted molar refractivity (Wildman–Crippen MR) is 69.7 cm³/mol. The summed E-state index contributed by atoms with van der Waals surface area (Å²) in [4.78, 5) is 24.6. The number of nitrogens with one attached hydrogen (secondary N) is 2. The van der Waals surface area contributed by atoms with Crippen LogP contribution in [0.3, 0.4) is 0 Å². The number of amides is 3. The first-order chi connectivity index (χ1) is 10.3. The highest BCUT2D eigenvalue weighted by Gasteiger charge is 2.35. The molecular formula is C13H13F4N3O2. The van der Waals surface area contributed by atoms with Crippen molar-refractivity contribution in [1.29, 1.82) is 0 Å². The van der Waals surface area contributed by atoms with E-state index in [0.717, 1.165) is 4.90 Å². The van der Waals surface area contributed by atoms with Crippen LogP contribution in [0, 0.1) is 5.82 Å². The number of benzene rings is 1. The molecule has 5 nitrogen and oxygen atoms in total. The van der Waals surface area contributed by atoms with E-state index in [-0.39, 0.29) is 18.7 Å². The van der Waals surface area contributed by atoms with Crippen molar-refractivity contribution in [2.75, 3.05) is 18.0 Å². The molecule has 1 atom stereocenters. The second-order valence-electron chi connectivity index (χ2n) is 4.72. The SMILES string of the molecule is O=C(NCC(F)(F)F)N[C@@H]1CCN(c2ccccc2F)C1=O. The fourth-order valence-electron chi connectivity index (χ4n) is 2.11. The Labute approximate surface area is 123 Å². The maximum Gasteiger partial charge on any atom is 0.405 e. The Kier molecular flexibility index (Phi) is 4.53. The highest BCUT2D eigenvalue weighted by Crippen LogP contribution is 2.24. The molecule has 1 heterocycles. The van der Waals surface area contributed by atoms with Gasteiger partial charge in [-0.25, -0.2) is 9.18 Å². The lowest BCUT2D eigenvalue weighted by atomic mass is 10.2. The van der Waals surface area contributed by atoms with Gasteiger partial charge in [0.05, 0.1) is 5.69 Å². The van der Waals surface area contributed by atoms with Gasteiger partial charge in [0.2, 0.25) is 5.91 Å². The summed E-state index contributed by atoms with van der Waals surface area (Å²) in [6.45, 7) is -1.32. The molecule has 0 spiro atoms. The molecule has 1 fully saturated rings. The maximum absolute atomic E-state index is 13.6. The molecule has 1 aromatic carbocycles. The van der Waals surface area contributed by atoms with E-state index in [2.05, 4.69) is 5.32 Å². The zero-order valence-corrected chi connectivity index (χ0v) is 11.3. The van der Waals surface area contributed by atoms with Gasteiger partial charge in [-0.05, 0) is 18.6 Å². The Morgan fingerprint density at radius 3 is 2.64 bits per heavy atom. The minimum absolute atomic E-state index is 0.0764. The van der Waals surface area contributed by atoms with Crippen molar-refractivity contribution in [2.45, 2.75) is 18.6 Å². The normalized spacial score (nSPS) is 18.5. The zero-order valence-electron chi connectivity index (χ0n) is 11.3. The first-order valence-corrected chi connectivity index (χ1v) is 6.45. The van der Waals surface area contributed by atoms with Crippen molar-refractivity contribution >= 4 is 17.6 Å². The van der Waals surface area contributed by atoms with Gasteiger partial charge in [0, 0.05) is 6.54 Å². The summed E-state index contributed by atoms with van der Waals surface area (Å²) in [5.41, 5.74) is 0.0764. The van der Waals surface area contributed by atoms with Gasteiger partial charge in [-0.15, -0.1) is 0 Å². The molecule has 9 heteroatoms. The number of halogens is 4. The Hall–Kier alpha value is -2.32. The van der Waals surface area contributed by atoms with Gasteiger partial charge in [-0.1, -0.05) is 12.1 Å². The van der Waals surface area contributed by atoms with Crippen LogP contribution in [-0.4, -0.2) is 37.2 Å². The van der Waals surface area contributed by atoms with E-state index >= 15 is 0 Å². The molecule has 1 aliphatic heterocycles. The van der Waals surface area contributed by atoms with E-state index in [4.69, 9.17) is 0 Å². The molecule has 3 amide bonds. The fourth-order valence-corrected chi connectivity index (χ4v) is 2.11. The second kappa shape index (κ2) is 6.20. The van der Waals surface area contributed by atoms with Crippen LogP contribution in [-0.2, 0) is 4.79 Å². The zero-order chi connectivity index (χ0) is 16.3. The minimum Gasteiger partial charge on any atom is -0.329 e. The Bertz CT molecular complexity index is 577. The van der Waals surface area contributed by atoms with E-state index in [9.17, 15) is 27.2 Å². The van der Waals surface area contributed by atoms with Crippen LogP contribution < -0.4 is 15.5 Å². The maximum atomic E-state index is 13.6. The standard InChI is InChI=1S/C13H13F4N3O2/c14-8-3-1-2-4-10(8)20-6-5-9(11(20)21)19-12(22)18-7-13(15,16)17/h1-4,9H,5-7H2,(H2,18,19,22)/t9-/m1/s1. The van der Waals surface area contributed by atoms with E-state index in [1.807, 2.05) is 0 Å². The number of anilines is 1. The van der Waals surface area contributed by atoms with Gasteiger partial charge < -0.3 is 15.5 Å². The van der Waals surface area contributed by atoms with Crippen molar-refractivity contribution < 1.29 is 27.2 Å². The highest BCUT2D eigenvalue weighted by atomic mass is 19.4. The Balaban J connectivity index is 1.95. The third-order valence-electron chi connectivity index (χ3n) is 3.10. The summed E-state index contributed by atoms with van der Waals surface area (Å²) in [5.74, 6) is -1.15. The molecule has 0 unspecified atom stereocenters. The molecule has 0 bridgehead atoms. The van der Waals surface area contributed by atoms with E-state index in [0.29, 0.717) is 0 Å². The number of hydrogen-bond donors (Lipinski definition) is 2. The molecule has 120 valence electrons. The van der Waals surface area contributed by atoms with Crippen molar-refractivity contribution in [3.8, 4) is 0 Å². The number of rotatable bonds is 3. The van der Waals surface area contributed by atoms with Crippen molar-refractivity contribution in [3.63, 3.8) is 0 Å². The molecule has 1 saturated heterocycles. The minimum atomic E-state index is -4.53. The molecule has 0 saturated carbocycles. The molecular weight excluding hydrogens is 306 g/mol. The molecule has 0 aromatic heterocycles. The molecule has 0 radical (unpaired) electrons. The topological polar surface area (TPSA) is 61.4 Å². The van der Waals surface area contributed by atoms with Gasteiger partial charge in [0.15, 0.2) is 0 Å². The summed E-state index contributed by atoms with van der Waals surface area (Å²) >= 11 is 0. The molecule has 0 aliphatic carbocycles. The van der Waals surface area contributed by atoms with Gasteiger partial charge in [0.1, 0.15) is 18.4 Å². The number of urea groups is 1. The molecule has 2 N–H and O–H groups in total. The summed E-state index contributed by atoms with van der Waals surface area (Å²) < 4.78 is 49.6. The van der Waals surface area contributed by atoms with E-state index < -0.39 is 36.5 Å². The van der Waals surface area contributed by atoms with Crippen LogP contribution in [0.5, 0.6) is 0 Å². The van der Waals surface area contributed by atoms with Crippen molar-refractivity contribution in [2.24, 2.45) is 0 Å². The van der Waals surface area contributed by atoms with Gasteiger partial charge >= 0.3 is 12.2 Å². The smallest absolute Gasteiger partial charge is 0.329 e. The lowest BCUT2D eigenvalue weighted by Crippen LogP contribution is -2.48.